The van der Waals surface area contributed by atoms with Crippen molar-refractivity contribution in [2.75, 3.05) is 18.5 Å². The first-order valence-corrected chi connectivity index (χ1v) is 10.2. The molecule has 0 bridgehead atoms. The summed E-state index contributed by atoms with van der Waals surface area (Å²) < 4.78 is 48.4. The first-order valence-electron chi connectivity index (χ1n) is 9.39. The maximum atomic E-state index is 13.7. The average Bonchev–Trinajstić information content (AvgIpc) is 3.35. The summed E-state index contributed by atoms with van der Waals surface area (Å²) >= 11 is 3.33. The Morgan fingerprint density at radius 1 is 1.34 bits per heavy atom. The highest BCUT2D eigenvalue weighted by atomic mass is 79.9. The molecule has 2 aliphatic rings. The predicted octanol–water partition coefficient (Wildman–Crippen LogP) is 4.21. The number of hydrogen-bond acceptors (Lipinski definition) is 4. The van der Waals surface area contributed by atoms with Crippen LogP contribution in [-0.2, 0) is 4.74 Å². The van der Waals surface area contributed by atoms with Gasteiger partial charge in [0.15, 0.2) is 6.04 Å². The second-order valence-electron chi connectivity index (χ2n) is 7.24. The van der Waals surface area contributed by atoms with Crippen molar-refractivity contribution in [2.24, 2.45) is 0 Å². The van der Waals surface area contributed by atoms with Gasteiger partial charge < -0.3 is 15.4 Å². The molecule has 0 saturated carbocycles. The van der Waals surface area contributed by atoms with E-state index in [4.69, 9.17) is 4.74 Å². The average molecular weight is 473 g/mol. The number of halogens is 4. The summed E-state index contributed by atoms with van der Waals surface area (Å²) in [4.78, 5) is 12.6. The summed E-state index contributed by atoms with van der Waals surface area (Å²) in [5, 5.41) is 9.72. The van der Waals surface area contributed by atoms with Crippen LogP contribution in [0.15, 0.2) is 34.9 Å². The van der Waals surface area contributed by atoms with Crippen molar-refractivity contribution < 1.29 is 22.7 Å². The molecule has 2 aromatic rings. The molecule has 0 radical (unpaired) electrons. The van der Waals surface area contributed by atoms with Crippen molar-refractivity contribution in [1.82, 2.24) is 15.1 Å². The van der Waals surface area contributed by atoms with Gasteiger partial charge in [-0.05, 0) is 30.5 Å². The zero-order valence-corrected chi connectivity index (χ0v) is 17.0. The summed E-state index contributed by atoms with van der Waals surface area (Å²) in [7, 11) is 0. The Morgan fingerprint density at radius 2 is 2.10 bits per heavy atom. The predicted molar refractivity (Wildman–Crippen MR) is 104 cm³/mol. The van der Waals surface area contributed by atoms with Crippen LogP contribution in [0, 0.1) is 0 Å². The second kappa shape index (κ2) is 7.98. The third-order valence-corrected chi connectivity index (χ3v) is 5.80. The molecule has 29 heavy (non-hydrogen) atoms. The lowest BCUT2D eigenvalue weighted by Crippen LogP contribution is -2.37. The molecule has 1 amide bonds. The molecule has 3 heterocycles. The number of carbonyl (C=O) groups excluding carboxylic acids is 1. The fourth-order valence-electron chi connectivity index (χ4n) is 3.75. The maximum Gasteiger partial charge on any atom is 0.410 e. The number of ether oxygens (including phenoxy) is 1. The number of benzene rings is 1. The molecule has 6 nitrogen and oxygen atoms in total. The molecule has 2 aliphatic heterocycles. The maximum absolute atomic E-state index is 13.7. The first kappa shape index (κ1) is 20.2. The first-order chi connectivity index (χ1) is 13.8. The monoisotopic (exact) mass is 472 g/mol. The van der Waals surface area contributed by atoms with Gasteiger partial charge in [-0.25, -0.2) is 4.68 Å². The number of alkyl halides is 3. The molecule has 0 unspecified atom stereocenters. The molecule has 156 valence electrons. The molecule has 1 saturated heterocycles. The third kappa shape index (κ3) is 4.28. The Kier molecular flexibility index (Phi) is 5.56. The standard InChI is InChI=1S/C19H20BrF3N4O2/c20-12-5-3-11(4-6-12)15-8-16(19(21,22)23)27-17(26-15)14(10-25-27)18(28)24-9-13-2-1-7-29-13/h3-6,10,13,15-16,26H,1-2,7-9H2,(H,24,28)/t13-,15-,16+/m0/s1. The SMILES string of the molecule is O=C(NC[C@@H]1CCCO1)c1cnn2c1N[C@H](c1ccc(Br)cc1)C[C@@H]2C(F)(F)F. The molecule has 0 aliphatic carbocycles. The van der Waals surface area contributed by atoms with Crippen LogP contribution in [0.4, 0.5) is 19.0 Å². The molecular formula is C19H20BrF3N4O2. The van der Waals surface area contributed by atoms with E-state index in [1.807, 2.05) is 0 Å². The molecule has 1 aromatic carbocycles. The number of aromatic nitrogens is 2. The molecular weight excluding hydrogens is 453 g/mol. The number of nitrogens with one attached hydrogen (secondary N) is 2. The topological polar surface area (TPSA) is 68.2 Å². The van der Waals surface area contributed by atoms with E-state index in [2.05, 4.69) is 31.7 Å². The van der Waals surface area contributed by atoms with Crippen LogP contribution in [-0.4, -0.2) is 41.1 Å². The zero-order chi connectivity index (χ0) is 20.6. The van der Waals surface area contributed by atoms with Crippen molar-refractivity contribution in [3.05, 3.63) is 46.1 Å². The van der Waals surface area contributed by atoms with Gasteiger partial charge in [0.1, 0.15) is 11.4 Å². The minimum atomic E-state index is -4.48. The molecule has 2 N–H and O–H groups in total. The smallest absolute Gasteiger partial charge is 0.376 e. The molecule has 1 aromatic heterocycles. The zero-order valence-electron chi connectivity index (χ0n) is 15.4. The minimum absolute atomic E-state index is 0.0586. The van der Waals surface area contributed by atoms with Crippen LogP contribution < -0.4 is 10.6 Å². The van der Waals surface area contributed by atoms with Gasteiger partial charge >= 0.3 is 6.18 Å². The van der Waals surface area contributed by atoms with E-state index >= 15 is 0 Å². The van der Waals surface area contributed by atoms with E-state index in [1.54, 1.807) is 24.3 Å². The summed E-state index contributed by atoms with van der Waals surface area (Å²) in [5.41, 5.74) is 0.805. The number of carbonyl (C=O) groups is 1. The lowest BCUT2D eigenvalue weighted by Gasteiger charge is -2.34. The summed E-state index contributed by atoms with van der Waals surface area (Å²) in [5.74, 6) is -0.386. The molecule has 0 spiro atoms. The van der Waals surface area contributed by atoms with E-state index in [9.17, 15) is 18.0 Å². The van der Waals surface area contributed by atoms with Crippen molar-refractivity contribution in [3.8, 4) is 0 Å². The summed E-state index contributed by atoms with van der Waals surface area (Å²) in [6.07, 6.45) is -1.77. The van der Waals surface area contributed by atoms with Gasteiger partial charge in [0, 0.05) is 24.0 Å². The van der Waals surface area contributed by atoms with Crippen LogP contribution in [0.25, 0.3) is 0 Å². The van der Waals surface area contributed by atoms with Crippen molar-refractivity contribution in [1.29, 1.82) is 0 Å². The van der Waals surface area contributed by atoms with E-state index < -0.39 is 24.2 Å². The van der Waals surface area contributed by atoms with Crippen LogP contribution in [0.1, 0.15) is 47.3 Å². The molecule has 4 rings (SSSR count). The van der Waals surface area contributed by atoms with Gasteiger partial charge in [0.2, 0.25) is 0 Å². The number of hydrogen-bond donors (Lipinski definition) is 2. The highest BCUT2D eigenvalue weighted by molar-refractivity contribution is 9.10. The Hall–Kier alpha value is -2.07. The minimum Gasteiger partial charge on any atom is -0.376 e. The number of anilines is 1. The van der Waals surface area contributed by atoms with Crippen molar-refractivity contribution in [2.45, 2.75) is 43.6 Å². The van der Waals surface area contributed by atoms with E-state index in [0.29, 0.717) is 18.7 Å². The van der Waals surface area contributed by atoms with E-state index in [1.165, 1.54) is 6.20 Å². The van der Waals surface area contributed by atoms with E-state index in [-0.39, 0.29) is 23.9 Å². The Bertz CT molecular complexity index is 879. The number of rotatable bonds is 4. The Balaban J connectivity index is 1.60. The molecule has 10 heteroatoms. The lowest BCUT2D eigenvalue weighted by atomic mass is 9.96. The number of nitrogens with zero attached hydrogens (tertiary/aromatic N) is 2. The highest BCUT2D eigenvalue weighted by Crippen LogP contribution is 2.44. The van der Waals surface area contributed by atoms with Crippen LogP contribution >= 0.6 is 15.9 Å². The van der Waals surface area contributed by atoms with Gasteiger partial charge in [-0.15, -0.1) is 0 Å². The van der Waals surface area contributed by atoms with Gasteiger partial charge in [0.25, 0.3) is 5.91 Å². The number of fused-ring (bicyclic) bond motifs is 1. The van der Waals surface area contributed by atoms with Gasteiger partial charge in [-0.3, -0.25) is 4.79 Å². The van der Waals surface area contributed by atoms with E-state index in [0.717, 1.165) is 22.0 Å². The fraction of sp³-hybridized carbons (Fsp3) is 0.474. The van der Waals surface area contributed by atoms with Gasteiger partial charge in [-0.2, -0.15) is 18.3 Å². The van der Waals surface area contributed by atoms with Gasteiger partial charge in [-0.1, -0.05) is 28.1 Å². The summed E-state index contributed by atoms with van der Waals surface area (Å²) in [6.45, 7) is 0.982. The lowest BCUT2D eigenvalue weighted by molar-refractivity contribution is -0.173. The Morgan fingerprint density at radius 3 is 2.76 bits per heavy atom. The Labute approximate surface area is 173 Å². The normalized spacial score (nSPS) is 24.1. The van der Waals surface area contributed by atoms with Crippen LogP contribution in [0.3, 0.4) is 0 Å². The third-order valence-electron chi connectivity index (χ3n) is 5.27. The van der Waals surface area contributed by atoms with Crippen molar-refractivity contribution in [3.63, 3.8) is 0 Å². The fourth-order valence-corrected chi connectivity index (χ4v) is 4.01. The molecule has 1 fully saturated rings. The molecule has 3 atom stereocenters. The summed E-state index contributed by atoms with van der Waals surface area (Å²) in [6, 6.07) is 4.67. The number of amides is 1. The van der Waals surface area contributed by atoms with Crippen LogP contribution in [0.2, 0.25) is 0 Å². The van der Waals surface area contributed by atoms with Crippen LogP contribution in [0.5, 0.6) is 0 Å². The highest BCUT2D eigenvalue weighted by Gasteiger charge is 2.47. The van der Waals surface area contributed by atoms with Crippen molar-refractivity contribution >= 4 is 27.7 Å². The quantitative estimate of drug-likeness (QED) is 0.698. The largest absolute Gasteiger partial charge is 0.410 e. The second-order valence-corrected chi connectivity index (χ2v) is 8.15. The van der Waals surface area contributed by atoms with Gasteiger partial charge in [0.05, 0.1) is 18.3 Å².